The second-order valence-electron chi connectivity index (χ2n) is 5.52. The van der Waals surface area contributed by atoms with Crippen molar-refractivity contribution in [1.82, 2.24) is 15.5 Å². The smallest absolute Gasteiger partial charge is 0.315 e. The second-order valence-corrected chi connectivity index (χ2v) is 5.52. The van der Waals surface area contributed by atoms with E-state index >= 15 is 0 Å². The zero-order valence-electron chi connectivity index (χ0n) is 11.9. The first-order valence-electron chi connectivity index (χ1n) is 7.10. The summed E-state index contributed by atoms with van der Waals surface area (Å²) in [6.45, 7) is 5.63. The molecule has 0 saturated carbocycles. The molecule has 0 fully saturated rings. The first-order chi connectivity index (χ1) is 9.72. The lowest BCUT2D eigenvalue weighted by molar-refractivity contribution is 0.456. The molecule has 2 aromatic rings. The lowest BCUT2D eigenvalue weighted by Gasteiger charge is -2.29. The maximum atomic E-state index is 5.55. The van der Waals surface area contributed by atoms with Gasteiger partial charge in [-0.15, -0.1) is 5.10 Å². The van der Waals surface area contributed by atoms with Crippen LogP contribution in [0.25, 0.3) is 0 Å². The van der Waals surface area contributed by atoms with Gasteiger partial charge in [-0.3, -0.25) is 0 Å². The van der Waals surface area contributed by atoms with Crippen molar-refractivity contribution < 1.29 is 4.42 Å². The lowest BCUT2D eigenvalue weighted by atomic mass is 9.78. The van der Waals surface area contributed by atoms with Gasteiger partial charge in [-0.05, 0) is 17.5 Å². The number of fused-ring (bicyclic) bond motifs is 1. The van der Waals surface area contributed by atoms with E-state index in [9.17, 15) is 0 Å². The molecule has 5 heteroatoms. The van der Waals surface area contributed by atoms with E-state index in [2.05, 4.69) is 58.9 Å². The molecule has 1 atom stereocenters. The Balaban J connectivity index is 1.50. The van der Waals surface area contributed by atoms with Gasteiger partial charge < -0.3 is 15.1 Å². The number of rotatable bonds is 6. The second kappa shape index (κ2) is 5.63. The highest BCUT2D eigenvalue weighted by molar-refractivity contribution is 5.41. The van der Waals surface area contributed by atoms with Crippen LogP contribution in [0, 0.1) is 0 Å². The summed E-state index contributed by atoms with van der Waals surface area (Å²) in [5.74, 6) is 1.17. The Bertz CT molecular complexity index is 579. The summed E-state index contributed by atoms with van der Waals surface area (Å²) < 4.78 is 5.55. The first kappa shape index (κ1) is 13.1. The van der Waals surface area contributed by atoms with Crippen molar-refractivity contribution in [3.8, 4) is 0 Å². The summed E-state index contributed by atoms with van der Waals surface area (Å²) in [5, 5.41) is 14.5. The fourth-order valence-corrected chi connectivity index (χ4v) is 2.44. The molecule has 20 heavy (non-hydrogen) atoms. The maximum absolute atomic E-state index is 5.55. The molecule has 1 heterocycles. The van der Waals surface area contributed by atoms with Gasteiger partial charge in [0.1, 0.15) is 0 Å². The van der Waals surface area contributed by atoms with Gasteiger partial charge in [0.2, 0.25) is 5.89 Å². The van der Waals surface area contributed by atoms with E-state index in [1.165, 1.54) is 11.1 Å². The molecular formula is C15H20N4O. The topological polar surface area (TPSA) is 63.0 Å². The molecule has 1 unspecified atom stereocenters. The molecule has 0 aliphatic heterocycles. The predicted octanol–water partition coefficient (Wildman–Crippen LogP) is 2.32. The number of benzene rings is 1. The highest BCUT2D eigenvalue weighted by Gasteiger charge is 2.25. The average Bonchev–Trinajstić information content (AvgIpc) is 2.85. The van der Waals surface area contributed by atoms with Crippen molar-refractivity contribution in [2.24, 2.45) is 0 Å². The zero-order chi connectivity index (χ0) is 13.9. The predicted molar refractivity (Wildman–Crippen MR) is 77.7 cm³/mol. The number of hydrogen-bond donors (Lipinski definition) is 2. The molecule has 0 bridgehead atoms. The summed E-state index contributed by atoms with van der Waals surface area (Å²) in [7, 11) is 0. The number of nitrogens with one attached hydrogen (secondary N) is 2. The van der Waals surface area contributed by atoms with Crippen LogP contribution in [0.4, 0.5) is 6.01 Å². The third-order valence-corrected chi connectivity index (χ3v) is 3.59. The van der Waals surface area contributed by atoms with Crippen LogP contribution in [0.1, 0.15) is 36.8 Å². The van der Waals surface area contributed by atoms with Crippen molar-refractivity contribution in [2.75, 3.05) is 11.9 Å². The molecule has 106 valence electrons. The summed E-state index contributed by atoms with van der Waals surface area (Å²) in [5.41, 5.74) is 2.88. The Morgan fingerprint density at radius 1 is 1.30 bits per heavy atom. The summed E-state index contributed by atoms with van der Waals surface area (Å²) in [6, 6.07) is 9.48. The molecule has 0 radical (unpaired) electrons. The van der Waals surface area contributed by atoms with Gasteiger partial charge in [-0.25, -0.2) is 0 Å². The Labute approximate surface area is 118 Å². The Morgan fingerprint density at radius 3 is 2.95 bits per heavy atom. The Hall–Kier alpha value is -1.88. The van der Waals surface area contributed by atoms with Crippen molar-refractivity contribution >= 4 is 6.01 Å². The van der Waals surface area contributed by atoms with Crippen LogP contribution >= 0.6 is 0 Å². The van der Waals surface area contributed by atoms with Gasteiger partial charge in [0.05, 0.1) is 6.54 Å². The summed E-state index contributed by atoms with van der Waals surface area (Å²) in [6.07, 6.45) is 1.12. The molecule has 0 saturated heterocycles. The van der Waals surface area contributed by atoms with Crippen LogP contribution in [0.5, 0.6) is 0 Å². The van der Waals surface area contributed by atoms with Gasteiger partial charge in [-0.1, -0.05) is 43.2 Å². The molecule has 1 aromatic carbocycles. The van der Waals surface area contributed by atoms with Crippen molar-refractivity contribution in [1.29, 1.82) is 0 Å². The van der Waals surface area contributed by atoms with Crippen LogP contribution in [-0.2, 0) is 13.0 Å². The van der Waals surface area contributed by atoms with E-state index in [1.54, 1.807) is 0 Å². The number of nitrogens with zero attached hydrogens (tertiary/aromatic N) is 2. The molecule has 0 spiro atoms. The van der Waals surface area contributed by atoms with Crippen molar-refractivity contribution in [3.63, 3.8) is 0 Å². The number of aromatic nitrogens is 2. The van der Waals surface area contributed by atoms with E-state index in [0.29, 0.717) is 30.4 Å². The minimum Gasteiger partial charge on any atom is -0.407 e. The SMILES string of the molecule is CC(C)NCc1nnc(NCC2Cc3ccccc32)o1. The average molecular weight is 272 g/mol. The van der Waals surface area contributed by atoms with E-state index in [4.69, 9.17) is 4.42 Å². The third kappa shape index (κ3) is 2.82. The van der Waals surface area contributed by atoms with E-state index in [0.717, 1.165) is 13.0 Å². The monoisotopic (exact) mass is 272 g/mol. The number of anilines is 1. The normalized spacial score (nSPS) is 16.9. The molecule has 0 amide bonds. The van der Waals surface area contributed by atoms with Gasteiger partial charge in [0.15, 0.2) is 0 Å². The molecule has 1 aliphatic carbocycles. The molecular weight excluding hydrogens is 252 g/mol. The van der Waals surface area contributed by atoms with Gasteiger partial charge in [0, 0.05) is 18.5 Å². The highest BCUT2D eigenvalue weighted by atomic mass is 16.4. The lowest BCUT2D eigenvalue weighted by Crippen LogP contribution is -2.24. The van der Waals surface area contributed by atoms with Crippen LogP contribution < -0.4 is 10.6 Å². The molecule has 1 aromatic heterocycles. The van der Waals surface area contributed by atoms with Gasteiger partial charge in [0.25, 0.3) is 0 Å². The molecule has 2 N–H and O–H groups in total. The maximum Gasteiger partial charge on any atom is 0.315 e. The quantitative estimate of drug-likeness (QED) is 0.845. The van der Waals surface area contributed by atoms with Crippen LogP contribution in [-0.4, -0.2) is 22.8 Å². The highest BCUT2D eigenvalue weighted by Crippen LogP contribution is 2.34. The van der Waals surface area contributed by atoms with E-state index in [-0.39, 0.29) is 0 Å². The minimum atomic E-state index is 0.407. The molecule has 1 aliphatic rings. The first-order valence-corrected chi connectivity index (χ1v) is 7.10. The minimum absolute atomic E-state index is 0.407. The van der Waals surface area contributed by atoms with Crippen molar-refractivity contribution in [2.45, 2.75) is 38.8 Å². The summed E-state index contributed by atoms with van der Waals surface area (Å²) in [4.78, 5) is 0. The number of hydrogen-bond acceptors (Lipinski definition) is 5. The largest absolute Gasteiger partial charge is 0.407 e. The van der Waals surface area contributed by atoms with Crippen LogP contribution in [0.15, 0.2) is 28.7 Å². The fourth-order valence-electron chi connectivity index (χ4n) is 2.44. The standard InChI is InChI=1S/C15H20N4O/c1-10(2)16-9-14-18-19-15(20-14)17-8-12-7-11-5-3-4-6-13(11)12/h3-6,10,12,16H,7-9H2,1-2H3,(H,17,19). The van der Waals surface area contributed by atoms with E-state index in [1.807, 2.05) is 0 Å². The van der Waals surface area contributed by atoms with Crippen molar-refractivity contribution in [3.05, 3.63) is 41.3 Å². The van der Waals surface area contributed by atoms with Gasteiger partial charge in [-0.2, -0.15) is 0 Å². The third-order valence-electron chi connectivity index (χ3n) is 3.59. The Kier molecular flexibility index (Phi) is 3.69. The fraction of sp³-hybridized carbons (Fsp3) is 0.467. The van der Waals surface area contributed by atoms with E-state index < -0.39 is 0 Å². The Morgan fingerprint density at radius 2 is 2.15 bits per heavy atom. The van der Waals surface area contributed by atoms with Crippen LogP contribution in [0.3, 0.4) is 0 Å². The van der Waals surface area contributed by atoms with Crippen LogP contribution in [0.2, 0.25) is 0 Å². The zero-order valence-corrected chi connectivity index (χ0v) is 11.9. The summed E-state index contributed by atoms with van der Waals surface area (Å²) >= 11 is 0. The van der Waals surface area contributed by atoms with Gasteiger partial charge >= 0.3 is 6.01 Å². The molecule has 5 nitrogen and oxygen atoms in total. The molecule has 3 rings (SSSR count).